The van der Waals surface area contributed by atoms with Crippen molar-refractivity contribution < 1.29 is 9.66 Å². The van der Waals surface area contributed by atoms with E-state index in [1.165, 1.54) is 16.7 Å². The van der Waals surface area contributed by atoms with Gasteiger partial charge >= 0.3 is 11.2 Å². The molecule has 6 nitrogen and oxygen atoms in total. The number of methoxy groups -OCH3 is 1. The molecule has 1 aromatic heterocycles. The van der Waals surface area contributed by atoms with Crippen molar-refractivity contribution in [2.45, 2.75) is 19.4 Å². The molecule has 0 bridgehead atoms. The lowest BCUT2D eigenvalue weighted by molar-refractivity contribution is -0.386. The summed E-state index contributed by atoms with van der Waals surface area (Å²) in [5.74, 6) is 0. The molecule has 0 aromatic carbocycles. The maximum Gasteiger partial charge on any atom is 0.334 e. The van der Waals surface area contributed by atoms with E-state index in [0.717, 1.165) is 12.8 Å². The molecule has 1 rings (SSSR count). The predicted octanol–water partition coefficient (Wildman–Crippen LogP) is 1.18. The summed E-state index contributed by atoms with van der Waals surface area (Å²) in [5, 5.41) is 10.5. The third-order valence-electron chi connectivity index (χ3n) is 2.19. The van der Waals surface area contributed by atoms with Crippen molar-refractivity contribution in [3.8, 4) is 0 Å². The van der Waals surface area contributed by atoms with Gasteiger partial charge in [0.2, 0.25) is 0 Å². The van der Waals surface area contributed by atoms with E-state index in [-0.39, 0.29) is 5.69 Å². The van der Waals surface area contributed by atoms with Crippen LogP contribution in [-0.2, 0) is 11.3 Å². The Hall–Kier alpha value is -1.69. The molecule has 1 heterocycles. The molecule has 0 unspecified atom stereocenters. The standard InChI is InChI=1S/C10H14N2O4/c1-16-8-3-2-6-11-7-4-5-9(10(11)13)12(14)15/h4-5,7H,2-3,6,8H2,1H3. The number of rotatable bonds is 6. The van der Waals surface area contributed by atoms with Gasteiger partial charge in [-0.15, -0.1) is 0 Å². The van der Waals surface area contributed by atoms with Gasteiger partial charge in [0.05, 0.1) is 4.92 Å². The predicted molar refractivity (Wildman–Crippen MR) is 58.5 cm³/mol. The van der Waals surface area contributed by atoms with Crippen LogP contribution in [0.2, 0.25) is 0 Å². The minimum atomic E-state index is -0.659. The van der Waals surface area contributed by atoms with Crippen molar-refractivity contribution >= 4 is 5.69 Å². The molecule has 0 N–H and O–H groups in total. The largest absolute Gasteiger partial charge is 0.385 e. The molecule has 0 atom stereocenters. The van der Waals surface area contributed by atoms with Crippen LogP contribution in [-0.4, -0.2) is 23.2 Å². The molecule has 0 aliphatic rings. The number of aromatic nitrogens is 1. The Bertz CT molecular complexity index is 414. The average Bonchev–Trinajstić information content (AvgIpc) is 2.26. The van der Waals surface area contributed by atoms with E-state index in [2.05, 4.69) is 0 Å². The second-order valence-electron chi connectivity index (χ2n) is 3.35. The number of pyridine rings is 1. The third-order valence-corrected chi connectivity index (χ3v) is 2.19. The highest BCUT2D eigenvalue weighted by molar-refractivity contribution is 5.24. The summed E-state index contributed by atoms with van der Waals surface area (Å²) >= 11 is 0. The van der Waals surface area contributed by atoms with Crippen LogP contribution in [0.1, 0.15) is 12.8 Å². The van der Waals surface area contributed by atoms with Crippen molar-refractivity contribution in [2.75, 3.05) is 13.7 Å². The topological polar surface area (TPSA) is 74.4 Å². The number of ether oxygens (including phenoxy) is 1. The number of unbranched alkanes of at least 4 members (excludes halogenated alkanes) is 1. The van der Waals surface area contributed by atoms with E-state index >= 15 is 0 Å². The van der Waals surface area contributed by atoms with Crippen molar-refractivity contribution in [3.05, 3.63) is 38.8 Å². The number of nitro groups is 1. The molecule has 0 saturated heterocycles. The number of hydrogen-bond donors (Lipinski definition) is 0. The highest BCUT2D eigenvalue weighted by atomic mass is 16.6. The Balaban J connectivity index is 2.70. The first-order chi connectivity index (χ1) is 7.66. The van der Waals surface area contributed by atoms with Crippen molar-refractivity contribution in [1.82, 2.24) is 4.57 Å². The van der Waals surface area contributed by atoms with Gasteiger partial charge in [0.1, 0.15) is 0 Å². The minimum Gasteiger partial charge on any atom is -0.385 e. The van der Waals surface area contributed by atoms with Gasteiger partial charge in [-0.3, -0.25) is 14.9 Å². The Kier molecular flexibility index (Phi) is 4.65. The second kappa shape index (κ2) is 6.02. The van der Waals surface area contributed by atoms with E-state index in [0.29, 0.717) is 13.2 Å². The highest BCUT2D eigenvalue weighted by Crippen LogP contribution is 2.02. The van der Waals surface area contributed by atoms with Crippen LogP contribution in [0.5, 0.6) is 0 Å². The first-order valence-corrected chi connectivity index (χ1v) is 4.99. The molecule has 0 saturated carbocycles. The molecule has 0 aliphatic carbocycles. The van der Waals surface area contributed by atoms with Gasteiger partial charge in [0, 0.05) is 32.5 Å². The van der Waals surface area contributed by atoms with Gasteiger partial charge in [-0.05, 0) is 18.9 Å². The number of nitrogens with zero attached hydrogens (tertiary/aromatic N) is 2. The fourth-order valence-corrected chi connectivity index (χ4v) is 1.37. The van der Waals surface area contributed by atoms with Gasteiger partial charge in [0.25, 0.3) is 0 Å². The zero-order chi connectivity index (χ0) is 12.0. The maximum absolute atomic E-state index is 11.6. The molecule has 6 heteroatoms. The van der Waals surface area contributed by atoms with E-state index in [4.69, 9.17) is 4.74 Å². The van der Waals surface area contributed by atoms with Crippen LogP contribution in [0, 0.1) is 10.1 Å². The van der Waals surface area contributed by atoms with Crippen molar-refractivity contribution in [1.29, 1.82) is 0 Å². The van der Waals surface area contributed by atoms with Crippen LogP contribution in [0.4, 0.5) is 5.69 Å². The lowest BCUT2D eigenvalue weighted by Gasteiger charge is -2.04. The second-order valence-corrected chi connectivity index (χ2v) is 3.35. The Morgan fingerprint density at radius 1 is 1.50 bits per heavy atom. The normalized spacial score (nSPS) is 10.3. The first-order valence-electron chi connectivity index (χ1n) is 4.99. The lowest BCUT2D eigenvalue weighted by atomic mass is 10.3. The monoisotopic (exact) mass is 226 g/mol. The minimum absolute atomic E-state index is 0.380. The lowest BCUT2D eigenvalue weighted by Crippen LogP contribution is -2.21. The highest BCUT2D eigenvalue weighted by Gasteiger charge is 2.12. The Morgan fingerprint density at radius 3 is 2.88 bits per heavy atom. The number of aryl methyl sites for hydroxylation is 1. The SMILES string of the molecule is COCCCCn1cccc([N+](=O)[O-])c1=O. The molecule has 0 spiro atoms. The molecule has 88 valence electrons. The van der Waals surface area contributed by atoms with Gasteiger partial charge in [-0.1, -0.05) is 0 Å². The number of hydrogen-bond acceptors (Lipinski definition) is 4. The zero-order valence-electron chi connectivity index (χ0n) is 9.09. The van der Waals surface area contributed by atoms with Crippen LogP contribution in [0.15, 0.2) is 23.1 Å². The van der Waals surface area contributed by atoms with Crippen LogP contribution < -0.4 is 5.56 Å². The Labute approximate surface area is 92.6 Å². The van der Waals surface area contributed by atoms with Crippen molar-refractivity contribution in [3.63, 3.8) is 0 Å². The van der Waals surface area contributed by atoms with E-state index in [9.17, 15) is 14.9 Å². The molecule has 0 fully saturated rings. The van der Waals surface area contributed by atoms with Crippen LogP contribution in [0.3, 0.4) is 0 Å². The summed E-state index contributed by atoms with van der Waals surface area (Å²) in [7, 11) is 1.61. The van der Waals surface area contributed by atoms with Gasteiger partial charge in [0.15, 0.2) is 0 Å². The first kappa shape index (κ1) is 12.4. The third kappa shape index (κ3) is 3.16. The zero-order valence-corrected chi connectivity index (χ0v) is 9.09. The average molecular weight is 226 g/mol. The van der Waals surface area contributed by atoms with Gasteiger partial charge in [-0.2, -0.15) is 0 Å². The summed E-state index contributed by atoms with van der Waals surface area (Å²) in [4.78, 5) is 21.4. The quantitative estimate of drug-likeness (QED) is 0.414. The summed E-state index contributed by atoms with van der Waals surface area (Å²) in [6.45, 7) is 1.10. The molecule has 16 heavy (non-hydrogen) atoms. The summed E-state index contributed by atoms with van der Waals surface area (Å²) in [5.41, 5.74) is -0.931. The van der Waals surface area contributed by atoms with E-state index in [1.54, 1.807) is 13.3 Å². The Morgan fingerprint density at radius 2 is 2.25 bits per heavy atom. The van der Waals surface area contributed by atoms with E-state index < -0.39 is 10.5 Å². The molecule has 1 aromatic rings. The van der Waals surface area contributed by atoms with E-state index in [1.807, 2.05) is 0 Å². The summed E-state index contributed by atoms with van der Waals surface area (Å²) in [6, 6.07) is 2.73. The van der Waals surface area contributed by atoms with Crippen LogP contribution >= 0.6 is 0 Å². The molecule has 0 amide bonds. The maximum atomic E-state index is 11.6. The van der Waals surface area contributed by atoms with Crippen molar-refractivity contribution in [2.24, 2.45) is 0 Å². The van der Waals surface area contributed by atoms with Crippen LogP contribution in [0.25, 0.3) is 0 Å². The fraction of sp³-hybridized carbons (Fsp3) is 0.500. The smallest absolute Gasteiger partial charge is 0.334 e. The molecule has 0 radical (unpaired) electrons. The molecular formula is C10H14N2O4. The molecular weight excluding hydrogens is 212 g/mol. The summed E-state index contributed by atoms with van der Waals surface area (Å²) < 4.78 is 6.23. The summed E-state index contributed by atoms with van der Waals surface area (Å²) in [6.07, 6.45) is 3.14. The van der Waals surface area contributed by atoms with Gasteiger partial charge in [-0.25, -0.2) is 0 Å². The fourth-order valence-electron chi connectivity index (χ4n) is 1.37. The van der Waals surface area contributed by atoms with Gasteiger partial charge < -0.3 is 9.30 Å². The molecule has 0 aliphatic heterocycles.